The molecule has 0 amide bonds. The van der Waals surface area contributed by atoms with Crippen LogP contribution in [0.4, 0.5) is 0 Å². The molecule has 5 heteroatoms. The molecule has 1 saturated heterocycles. The lowest BCUT2D eigenvalue weighted by Crippen LogP contribution is -2.44. The van der Waals surface area contributed by atoms with Crippen LogP contribution in [-0.2, 0) is 18.3 Å². The predicted molar refractivity (Wildman–Crippen MR) is 63.1 cm³/mol. The number of aromatic nitrogens is 1. The molecule has 0 saturated carbocycles. The van der Waals surface area contributed by atoms with Crippen LogP contribution in [0.2, 0.25) is 0 Å². The van der Waals surface area contributed by atoms with Gasteiger partial charge in [0.05, 0.1) is 19.8 Å². The predicted octanol–water partition coefficient (Wildman–Crippen LogP) is 0.172. The smallest absolute Gasteiger partial charge is 0.191 e. The molecule has 88 valence electrons. The van der Waals surface area contributed by atoms with Gasteiger partial charge in [0.15, 0.2) is 5.96 Å². The maximum Gasteiger partial charge on any atom is 0.191 e. The Labute approximate surface area is 95.5 Å². The van der Waals surface area contributed by atoms with E-state index in [1.54, 1.807) is 0 Å². The van der Waals surface area contributed by atoms with Gasteiger partial charge in [0.2, 0.25) is 0 Å². The first-order valence-corrected chi connectivity index (χ1v) is 5.49. The van der Waals surface area contributed by atoms with E-state index in [1.165, 1.54) is 5.56 Å². The molecule has 0 aromatic carbocycles. The molecule has 0 atom stereocenters. The molecule has 0 unspecified atom stereocenters. The van der Waals surface area contributed by atoms with Crippen LogP contribution < -0.4 is 5.73 Å². The molecule has 1 aromatic heterocycles. The van der Waals surface area contributed by atoms with Crippen LogP contribution in [0.5, 0.6) is 0 Å². The molecular formula is C11H18N4O. The van der Waals surface area contributed by atoms with Crippen LogP contribution in [0.1, 0.15) is 5.56 Å². The number of hydrogen-bond donors (Lipinski definition) is 1. The quantitative estimate of drug-likeness (QED) is 0.573. The SMILES string of the molecule is Cn1ccc(CN=C(N)N2CCOCC2)c1. The van der Waals surface area contributed by atoms with Crippen molar-refractivity contribution in [3.8, 4) is 0 Å². The molecular weight excluding hydrogens is 204 g/mol. The third-order valence-electron chi connectivity index (χ3n) is 2.65. The van der Waals surface area contributed by atoms with Gasteiger partial charge in [-0.1, -0.05) is 0 Å². The van der Waals surface area contributed by atoms with E-state index in [-0.39, 0.29) is 0 Å². The van der Waals surface area contributed by atoms with Crippen LogP contribution in [0, 0.1) is 0 Å². The molecule has 0 radical (unpaired) electrons. The van der Waals surface area contributed by atoms with Gasteiger partial charge in [-0.25, -0.2) is 4.99 Å². The summed E-state index contributed by atoms with van der Waals surface area (Å²) < 4.78 is 7.27. The minimum absolute atomic E-state index is 0.618. The van der Waals surface area contributed by atoms with Gasteiger partial charge in [0.1, 0.15) is 0 Å². The molecule has 0 spiro atoms. The monoisotopic (exact) mass is 222 g/mol. The number of hydrogen-bond acceptors (Lipinski definition) is 2. The molecule has 0 bridgehead atoms. The van der Waals surface area contributed by atoms with E-state index in [2.05, 4.69) is 22.2 Å². The Bertz CT molecular complexity index is 366. The Hall–Kier alpha value is -1.49. The van der Waals surface area contributed by atoms with Gasteiger partial charge < -0.3 is 19.9 Å². The van der Waals surface area contributed by atoms with Crippen LogP contribution in [0.3, 0.4) is 0 Å². The summed E-state index contributed by atoms with van der Waals surface area (Å²) in [6, 6.07) is 2.05. The van der Waals surface area contributed by atoms with Crippen molar-refractivity contribution >= 4 is 5.96 Å². The number of morpholine rings is 1. The molecule has 5 nitrogen and oxygen atoms in total. The standard InChI is InChI=1S/C11H18N4O/c1-14-3-2-10(9-14)8-13-11(12)15-4-6-16-7-5-15/h2-3,9H,4-8H2,1H3,(H2,12,13). The first-order chi connectivity index (χ1) is 7.75. The van der Waals surface area contributed by atoms with Crippen molar-refractivity contribution < 1.29 is 4.74 Å². The number of rotatable bonds is 2. The van der Waals surface area contributed by atoms with Crippen molar-refractivity contribution in [3.63, 3.8) is 0 Å². The summed E-state index contributed by atoms with van der Waals surface area (Å²) in [5.74, 6) is 0.618. The summed E-state index contributed by atoms with van der Waals surface area (Å²) in [6.07, 6.45) is 4.06. The fourth-order valence-electron chi connectivity index (χ4n) is 1.72. The second-order valence-electron chi connectivity index (χ2n) is 3.96. The maximum atomic E-state index is 5.92. The normalized spacial score (nSPS) is 17.8. The lowest BCUT2D eigenvalue weighted by molar-refractivity contribution is 0.0674. The van der Waals surface area contributed by atoms with E-state index >= 15 is 0 Å². The van der Waals surface area contributed by atoms with Crippen LogP contribution >= 0.6 is 0 Å². The Kier molecular flexibility index (Phi) is 3.46. The van der Waals surface area contributed by atoms with Gasteiger partial charge in [-0.3, -0.25) is 0 Å². The van der Waals surface area contributed by atoms with E-state index in [9.17, 15) is 0 Å². The van der Waals surface area contributed by atoms with Crippen LogP contribution in [0.15, 0.2) is 23.5 Å². The first-order valence-electron chi connectivity index (χ1n) is 5.49. The zero-order chi connectivity index (χ0) is 11.4. The average Bonchev–Trinajstić information content (AvgIpc) is 2.73. The average molecular weight is 222 g/mol. The number of ether oxygens (including phenoxy) is 1. The lowest BCUT2D eigenvalue weighted by Gasteiger charge is -2.27. The second-order valence-corrected chi connectivity index (χ2v) is 3.96. The van der Waals surface area contributed by atoms with Crippen molar-refractivity contribution in [1.29, 1.82) is 0 Å². The molecule has 0 aliphatic carbocycles. The Morgan fingerprint density at radius 3 is 2.88 bits per heavy atom. The highest BCUT2D eigenvalue weighted by Gasteiger charge is 2.11. The highest BCUT2D eigenvalue weighted by molar-refractivity contribution is 5.78. The van der Waals surface area contributed by atoms with Crippen molar-refractivity contribution in [2.75, 3.05) is 26.3 Å². The van der Waals surface area contributed by atoms with Gasteiger partial charge in [-0.15, -0.1) is 0 Å². The van der Waals surface area contributed by atoms with Gasteiger partial charge in [-0.2, -0.15) is 0 Å². The molecule has 1 aliphatic heterocycles. The summed E-state index contributed by atoms with van der Waals surface area (Å²) in [5, 5.41) is 0. The van der Waals surface area contributed by atoms with E-state index in [1.807, 2.05) is 17.8 Å². The molecule has 1 aliphatic rings. The summed E-state index contributed by atoms with van der Waals surface area (Å²) in [7, 11) is 2.00. The number of nitrogens with zero attached hydrogens (tertiary/aromatic N) is 3. The Morgan fingerprint density at radius 2 is 2.25 bits per heavy atom. The third-order valence-corrected chi connectivity index (χ3v) is 2.65. The summed E-state index contributed by atoms with van der Waals surface area (Å²) >= 11 is 0. The third kappa shape index (κ3) is 2.76. The zero-order valence-corrected chi connectivity index (χ0v) is 9.59. The number of aliphatic imine (C=N–C) groups is 1. The number of aryl methyl sites for hydroxylation is 1. The Morgan fingerprint density at radius 1 is 1.50 bits per heavy atom. The highest BCUT2D eigenvalue weighted by Crippen LogP contribution is 2.02. The molecule has 2 rings (SSSR count). The summed E-state index contributed by atoms with van der Waals surface area (Å²) in [6.45, 7) is 3.79. The van der Waals surface area contributed by atoms with E-state index in [0.29, 0.717) is 12.5 Å². The summed E-state index contributed by atoms with van der Waals surface area (Å²) in [5.41, 5.74) is 7.10. The minimum atomic E-state index is 0.618. The van der Waals surface area contributed by atoms with Gasteiger partial charge in [-0.05, 0) is 11.6 Å². The van der Waals surface area contributed by atoms with E-state index in [0.717, 1.165) is 26.3 Å². The van der Waals surface area contributed by atoms with Gasteiger partial charge in [0, 0.05) is 32.5 Å². The highest BCUT2D eigenvalue weighted by atomic mass is 16.5. The molecule has 2 N–H and O–H groups in total. The van der Waals surface area contributed by atoms with Crippen molar-refractivity contribution in [1.82, 2.24) is 9.47 Å². The first kappa shape index (κ1) is 11.0. The maximum absolute atomic E-state index is 5.92. The van der Waals surface area contributed by atoms with E-state index in [4.69, 9.17) is 10.5 Å². The minimum Gasteiger partial charge on any atom is -0.378 e. The molecule has 16 heavy (non-hydrogen) atoms. The van der Waals surface area contributed by atoms with Gasteiger partial charge >= 0.3 is 0 Å². The molecule has 1 aromatic rings. The topological polar surface area (TPSA) is 55.8 Å². The number of nitrogens with two attached hydrogens (primary N) is 1. The second kappa shape index (κ2) is 5.03. The summed E-state index contributed by atoms with van der Waals surface area (Å²) in [4.78, 5) is 6.44. The Balaban J connectivity index is 1.90. The van der Waals surface area contributed by atoms with Crippen molar-refractivity contribution in [2.24, 2.45) is 17.8 Å². The van der Waals surface area contributed by atoms with E-state index < -0.39 is 0 Å². The number of guanidine groups is 1. The van der Waals surface area contributed by atoms with Crippen molar-refractivity contribution in [3.05, 3.63) is 24.0 Å². The molecule has 1 fully saturated rings. The fraction of sp³-hybridized carbons (Fsp3) is 0.545. The van der Waals surface area contributed by atoms with Crippen LogP contribution in [-0.4, -0.2) is 41.7 Å². The largest absolute Gasteiger partial charge is 0.378 e. The van der Waals surface area contributed by atoms with Crippen LogP contribution in [0.25, 0.3) is 0 Å². The van der Waals surface area contributed by atoms with Crippen molar-refractivity contribution in [2.45, 2.75) is 6.54 Å². The lowest BCUT2D eigenvalue weighted by atomic mass is 10.3. The fourth-order valence-corrected chi connectivity index (χ4v) is 1.72. The van der Waals surface area contributed by atoms with Gasteiger partial charge in [0.25, 0.3) is 0 Å². The zero-order valence-electron chi connectivity index (χ0n) is 9.59. The molecule has 2 heterocycles.